The Kier molecular flexibility index (Phi) is 8.39. The van der Waals surface area contributed by atoms with Gasteiger partial charge in [0.05, 0.1) is 18.7 Å². The molecule has 0 aromatic heterocycles. The fraction of sp³-hybridized carbons (Fsp3) is 0.550. The smallest absolute Gasteiger partial charge is 0.335 e. The van der Waals surface area contributed by atoms with E-state index < -0.39 is 43.1 Å². The van der Waals surface area contributed by atoms with Gasteiger partial charge >= 0.3 is 19.0 Å². The van der Waals surface area contributed by atoms with Crippen molar-refractivity contribution in [1.82, 2.24) is 0 Å². The van der Waals surface area contributed by atoms with Crippen molar-refractivity contribution >= 4 is 13.3 Å². The second-order valence-electron chi connectivity index (χ2n) is 7.77. The van der Waals surface area contributed by atoms with Gasteiger partial charge in [-0.3, -0.25) is 9.36 Å². The van der Waals surface area contributed by atoms with Crippen molar-refractivity contribution in [2.24, 2.45) is 5.92 Å². The molecule has 2 unspecified atom stereocenters. The molecule has 5 nitrogen and oxygen atoms in total. The number of aliphatic hydroxyl groups excluding tert-OH is 1. The highest BCUT2D eigenvalue weighted by Crippen LogP contribution is 2.63. The first-order chi connectivity index (χ1) is 12.8. The number of carbonyl (C=O) groups is 1. The Morgan fingerprint density at radius 2 is 1.82 bits per heavy atom. The van der Waals surface area contributed by atoms with Crippen molar-refractivity contribution in [2.75, 3.05) is 12.8 Å². The van der Waals surface area contributed by atoms with E-state index in [0.717, 1.165) is 6.08 Å². The molecule has 1 aromatic carbocycles. The fourth-order valence-electron chi connectivity index (χ4n) is 2.23. The number of hydrogen-bond donors (Lipinski definition) is 1. The van der Waals surface area contributed by atoms with Crippen molar-refractivity contribution in [2.45, 2.75) is 52.3 Å². The first kappa shape index (κ1) is 24.3. The fourth-order valence-corrected chi connectivity index (χ4v) is 4.40. The number of carbonyl (C=O) groups excluding carboxylic acids is 1. The van der Waals surface area contributed by atoms with Gasteiger partial charge in [0, 0.05) is 6.42 Å². The molecule has 0 saturated carbocycles. The summed E-state index contributed by atoms with van der Waals surface area (Å²) < 4.78 is 53.7. The summed E-state index contributed by atoms with van der Waals surface area (Å²) in [5.74, 6) is -1.74. The van der Waals surface area contributed by atoms with Crippen LogP contribution in [-0.4, -0.2) is 35.1 Å². The lowest BCUT2D eigenvalue weighted by molar-refractivity contribution is -0.158. The monoisotopic (exact) mass is 418 g/mol. The van der Waals surface area contributed by atoms with Crippen LogP contribution in [0.1, 0.15) is 41.0 Å². The maximum Gasteiger partial charge on any atom is 0.335 e. The second kappa shape index (κ2) is 9.66. The van der Waals surface area contributed by atoms with Crippen LogP contribution < -0.4 is 4.52 Å². The summed E-state index contributed by atoms with van der Waals surface area (Å²) in [6, 6.07) is 7.67. The van der Waals surface area contributed by atoms with E-state index >= 15 is 0 Å². The van der Waals surface area contributed by atoms with Gasteiger partial charge < -0.3 is 14.4 Å². The van der Waals surface area contributed by atoms with E-state index in [4.69, 9.17) is 14.4 Å². The lowest BCUT2D eigenvalue weighted by Crippen LogP contribution is -2.31. The van der Waals surface area contributed by atoms with E-state index in [1.807, 2.05) is 0 Å². The van der Waals surface area contributed by atoms with Crippen molar-refractivity contribution in [3.8, 4) is 5.75 Å². The van der Waals surface area contributed by atoms with Crippen molar-refractivity contribution in [1.29, 1.82) is 0 Å². The Morgan fingerprint density at radius 1 is 1.25 bits per heavy atom. The lowest BCUT2D eigenvalue weighted by atomic mass is 10.1. The molecule has 0 fully saturated rings. The van der Waals surface area contributed by atoms with E-state index in [0.29, 0.717) is 5.57 Å². The maximum absolute atomic E-state index is 14.9. The van der Waals surface area contributed by atoms with E-state index in [1.54, 1.807) is 39.0 Å². The third kappa shape index (κ3) is 7.36. The molecular formula is C20H29F2O5P. The van der Waals surface area contributed by atoms with Crippen molar-refractivity contribution in [3.63, 3.8) is 0 Å². The number of rotatable bonds is 9. The average Bonchev–Trinajstić information content (AvgIpc) is 2.58. The quantitative estimate of drug-likeness (QED) is 0.337. The van der Waals surface area contributed by atoms with Gasteiger partial charge in [0.1, 0.15) is 11.4 Å². The largest absolute Gasteiger partial charge is 0.460 e. The zero-order chi connectivity index (χ0) is 21.6. The minimum absolute atomic E-state index is 0.0322. The van der Waals surface area contributed by atoms with Gasteiger partial charge in [-0.2, -0.15) is 8.78 Å². The highest BCUT2D eigenvalue weighted by molar-refractivity contribution is 7.60. The molecule has 28 heavy (non-hydrogen) atoms. The molecule has 0 aliphatic carbocycles. The molecule has 0 aliphatic heterocycles. The molecule has 0 heterocycles. The van der Waals surface area contributed by atoms with E-state index in [1.165, 1.54) is 26.0 Å². The van der Waals surface area contributed by atoms with E-state index in [-0.39, 0.29) is 12.4 Å². The molecule has 8 heteroatoms. The van der Waals surface area contributed by atoms with Crippen LogP contribution in [0.4, 0.5) is 8.78 Å². The Bertz CT molecular complexity index is 726. The number of aliphatic hydroxyl groups is 1. The molecule has 2 atom stereocenters. The zero-order valence-electron chi connectivity index (χ0n) is 16.9. The third-order valence-electron chi connectivity index (χ3n) is 3.76. The van der Waals surface area contributed by atoms with Gasteiger partial charge in [0.2, 0.25) is 0 Å². The topological polar surface area (TPSA) is 72.8 Å². The predicted octanol–water partition coefficient (Wildman–Crippen LogP) is 5.24. The highest BCUT2D eigenvalue weighted by Gasteiger charge is 2.53. The Balaban J connectivity index is 3.16. The van der Waals surface area contributed by atoms with E-state index in [9.17, 15) is 18.1 Å². The van der Waals surface area contributed by atoms with Crippen LogP contribution in [0.2, 0.25) is 0 Å². The molecule has 1 rings (SSSR count). The van der Waals surface area contributed by atoms with Gasteiger partial charge in [-0.15, -0.1) is 0 Å². The van der Waals surface area contributed by atoms with Crippen LogP contribution in [0.3, 0.4) is 0 Å². The number of benzene rings is 1. The zero-order valence-corrected chi connectivity index (χ0v) is 17.8. The van der Waals surface area contributed by atoms with Crippen molar-refractivity contribution in [3.05, 3.63) is 42.0 Å². The van der Waals surface area contributed by atoms with E-state index in [2.05, 4.69) is 0 Å². The summed E-state index contributed by atoms with van der Waals surface area (Å²) in [6.45, 7) is 7.48. The van der Waals surface area contributed by atoms with Gasteiger partial charge in [0.25, 0.3) is 0 Å². The molecule has 0 radical (unpaired) electrons. The van der Waals surface area contributed by atoms with Gasteiger partial charge in [-0.25, -0.2) is 0 Å². The van der Waals surface area contributed by atoms with Gasteiger partial charge in [-0.05, 0) is 39.8 Å². The Morgan fingerprint density at radius 3 is 2.32 bits per heavy atom. The first-order valence-electron chi connectivity index (χ1n) is 9.00. The predicted molar refractivity (Wildman–Crippen MR) is 105 cm³/mol. The normalized spacial score (nSPS) is 16.2. The standard InChI is InChI=1S/C20H29F2O5P/c1-15(13-23)11-12-20(21,22)28(25,27-17-9-7-6-8-10-17)14-16(2)18(24)26-19(3,4)5/h6-11,16,23H,12-14H2,1-5H3/b15-11+. The minimum atomic E-state index is -4.65. The number of para-hydroxylation sites is 1. The van der Waals surface area contributed by atoms with Crippen LogP contribution >= 0.6 is 7.37 Å². The van der Waals surface area contributed by atoms with Gasteiger partial charge in [-0.1, -0.05) is 36.8 Å². The Labute approximate surface area is 165 Å². The third-order valence-corrected chi connectivity index (χ3v) is 6.48. The Hall–Kier alpha value is -1.72. The number of allylic oxidation sites excluding steroid dienone is 1. The first-order valence-corrected chi connectivity index (χ1v) is 10.8. The molecule has 1 aromatic rings. The minimum Gasteiger partial charge on any atom is -0.460 e. The maximum atomic E-state index is 14.9. The molecule has 0 amide bonds. The summed E-state index contributed by atoms with van der Waals surface area (Å²) in [6.07, 6.45) is -0.417. The molecule has 0 saturated heterocycles. The number of esters is 1. The summed E-state index contributed by atoms with van der Waals surface area (Å²) in [7, 11) is -4.65. The molecule has 0 aliphatic rings. The number of hydrogen-bond acceptors (Lipinski definition) is 5. The molecular weight excluding hydrogens is 389 g/mol. The van der Waals surface area contributed by atoms with Crippen LogP contribution in [0.25, 0.3) is 0 Å². The van der Waals surface area contributed by atoms with Crippen LogP contribution in [-0.2, 0) is 14.1 Å². The average molecular weight is 418 g/mol. The highest BCUT2D eigenvalue weighted by atomic mass is 31.2. The summed E-state index contributed by atoms with van der Waals surface area (Å²) in [5, 5.41) is 9.02. The van der Waals surface area contributed by atoms with Crippen LogP contribution in [0, 0.1) is 5.92 Å². The summed E-state index contributed by atoms with van der Waals surface area (Å²) in [4.78, 5) is 12.2. The summed E-state index contributed by atoms with van der Waals surface area (Å²) >= 11 is 0. The molecule has 1 N–H and O–H groups in total. The molecule has 0 bridgehead atoms. The summed E-state index contributed by atoms with van der Waals surface area (Å²) in [5.41, 5.74) is -4.19. The van der Waals surface area contributed by atoms with Crippen LogP contribution in [0.5, 0.6) is 5.75 Å². The van der Waals surface area contributed by atoms with Crippen molar-refractivity contribution < 1.29 is 32.5 Å². The SMILES string of the molecule is C/C(=C\CC(F)(F)P(=O)(CC(C)C(=O)OC(C)(C)C)Oc1ccccc1)CO. The molecule has 158 valence electrons. The second-order valence-corrected chi connectivity index (χ2v) is 10.3. The lowest BCUT2D eigenvalue weighted by Gasteiger charge is -2.29. The number of ether oxygens (including phenoxy) is 1. The molecule has 0 spiro atoms. The number of halogens is 2. The number of alkyl halides is 2. The van der Waals surface area contributed by atoms with Gasteiger partial charge in [0.15, 0.2) is 0 Å². The van der Waals surface area contributed by atoms with Crippen LogP contribution in [0.15, 0.2) is 42.0 Å².